The van der Waals surface area contributed by atoms with Crippen LogP contribution in [-0.2, 0) is 4.74 Å². The molecule has 0 aliphatic carbocycles. The Balaban J connectivity index is 1.58. The highest BCUT2D eigenvalue weighted by Crippen LogP contribution is 2.36. The first kappa shape index (κ1) is 23.8. The van der Waals surface area contributed by atoms with Crippen molar-refractivity contribution in [2.45, 2.75) is 25.5 Å². The maximum absolute atomic E-state index is 14.5. The van der Waals surface area contributed by atoms with Gasteiger partial charge >= 0.3 is 0 Å². The molecule has 1 saturated heterocycles. The average Bonchev–Trinajstić information content (AvgIpc) is 2.79. The van der Waals surface area contributed by atoms with Crippen molar-refractivity contribution in [1.29, 1.82) is 0 Å². The van der Waals surface area contributed by atoms with E-state index in [1.54, 1.807) is 19.2 Å². The van der Waals surface area contributed by atoms with E-state index in [1.807, 2.05) is 0 Å². The Morgan fingerprint density at radius 3 is 2.76 bits per heavy atom. The number of rotatable bonds is 6. The quantitative estimate of drug-likeness (QED) is 0.465. The Labute approximate surface area is 201 Å². The molecule has 4 rings (SSSR count). The van der Waals surface area contributed by atoms with Crippen molar-refractivity contribution in [3.05, 3.63) is 46.5 Å². The lowest BCUT2D eigenvalue weighted by atomic mass is 10.0. The van der Waals surface area contributed by atoms with Gasteiger partial charge in [0.2, 0.25) is 0 Å². The van der Waals surface area contributed by atoms with E-state index in [0.717, 1.165) is 6.54 Å². The SMILES string of the molecule is COc1cc2c(Nc3ccc(Cl)c(Cl)c3F)ncnc2cc1OCC1CN(C)C(C)(C)CO1. The molecule has 1 atom stereocenters. The number of benzene rings is 2. The molecule has 1 aliphatic heterocycles. The van der Waals surface area contributed by atoms with Crippen LogP contribution in [0.3, 0.4) is 0 Å². The second-order valence-electron chi connectivity index (χ2n) is 8.53. The molecule has 1 aromatic heterocycles. The third kappa shape index (κ3) is 4.94. The number of hydrogen-bond donors (Lipinski definition) is 1. The van der Waals surface area contributed by atoms with E-state index >= 15 is 0 Å². The molecule has 0 amide bonds. The van der Waals surface area contributed by atoms with Crippen molar-refractivity contribution in [2.24, 2.45) is 0 Å². The summed E-state index contributed by atoms with van der Waals surface area (Å²) < 4.78 is 32.1. The number of anilines is 2. The van der Waals surface area contributed by atoms with E-state index < -0.39 is 5.82 Å². The summed E-state index contributed by atoms with van der Waals surface area (Å²) >= 11 is 11.8. The maximum atomic E-state index is 14.5. The van der Waals surface area contributed by atoms with Crippen LogP contribution in [0, 0.1) is 5.82 Å². The molecule has 2 heterocycles. The van der Waals surface area contributed by atoms with Gasteiger partial charge in [-0.15, -0.1) is 0 Å². The highest BCUT2D eigenvalue weighted by Gasteiger charge is 2.32. The van der Waals surface area contributed by atoms with Gasteiger partial charge in [-0.05, 0) is 39.1 Å². The molecule has 7 nitrogen and oxygen atoms in total. The summed E-state index contributed by atoms with van der Waals surface area (Å²) in [4.78, 5) is 10.8. The summed E-state index contributed by atoms with van der Waals surface area (Å²) in [6, 6.07) is 6.52. The van der Waals surface area contributed by atoms with Gasteiger partial charge < -0.3 is 19.5 Å². The molecule has 0 saturated carbocycles. The number of aromatic nitrogens is 2. The third-order valence-corrected chi connectivity index (χ3v) is 6.60. The number of nitrogens with one attached hydrogen (secondary N) is 1. The van der Waals surface area contributed by atoms with Crippen molar-refractivity contribution in [2.75, 3.05) is 39.2 Å². The lowest BCUT2D eigenvalue weighted by molar-refractivity contribution is -0.100. The number of methoxy groups -OCH3 is 1. The number of hydrogen-bond acceptors (Lipinski definition) is 7. The van der Waals surface area contributed by atoms with E-state index in [0.29, 0.717) is 41.4 Å². The summed E-state index contributed by atoms with van der Waals surface area (Å²) in [5, 5.41) is 3.56. The van der Waals surface area contributed by atoms with Crippen molar-refractivity contribution in [3.63, 3.8) is 0 Å². The summed E-state index contributed by atoms with van der Waals surface area (Å²) in [5.41, 5.74) is 0.738. The zero-order chi connectivity index (χ0) is 23.8. The summed E-state index contributed by atoms with van der Waals surface area (Å²) in [7, 11) is 3.63. The highest BCUT2D eigenvalue weighted by molar-refractivity contribution is 6.42. The Bertz CT molecular complexity index is 1180. The second kappa shape index (κ2) is 9.46. The van der Waals surface area contributed by atoms with Gasteiger partial charge in [0.25, 0.3) is 0 Å². The first-order chi connectivity index (χ1) is 15.7. The minimum absolute atomic E-state index is 0.00868. The zero-order valence-electron chi connectivity index (χ0n) is 18.8. The standard InChI is InChI=1S/C23H25Cl2FN4O3/c1-23(2)11-33-13(9-30(23)3)10-32-19-8-17-14(7-18(19)31-4)22(28-12-27-17)29-16-6-5-15(24)20(25)21(16)26/h5-8,12-13H,9-11H2,1-4H3,(H,27,28,29). The molecule has 176 valence electrons. The molecular formula is C23H25Cl2FN4O3. The number of nitrogens with zero attached hydrogens (tertiary/aromatic N) is 3. The number of ether oxygens (including phenoxy) is 3. The predicted octanol–water partition coefficient (Wildman–Crippen LogP) is 5.32. The fourth-order valence-electron chi connectivity index (χ4n) is 3.51. The highest BCUT2D eigenvalue weighted by atomic mass is 35.5. The number of likely N-dealkylation sites (N-methyl/N-ethyl adjacent to an activating group) is 1. The maximum Gasteiger partial charge on any atom is 0.166 e. The molecular weight excluding hydrogens is 470 g/mol. The van der Waals surface area contributed by atoms with Gasteiger partial charge in [0.15, 0.2) is 17.3 Å². The van der Waals surface area contributed by atoms with Crippen molar-refractivity contribution in [3.8, 4) is 11.5 Å². The molecule has 1 fully saturated rings. The fourth-order valence-corrected chi connectivity index (χ4v) is 3.82. The van der Waals surface area contributed by atoms with Crippen molar-refractivity contribution < 1.29 is 18.6 Å². The van der Waals surface area contributed by atoms with Crippen LogP contribution in [0.4, 0.5) is 15.9 Å². The van der Waals surface area contributed by atoms with E-state index in [9.17, 15) is 4.39 Å². The normalized spacial score (nSPS) is 18.3. The summed E-state index contributed by atoms with van der Waals surface area (Å²) in [6.45, 7) is 6.04. The Morgan fingerprint density at radius 1 is 1.24 bits per heavy atom. The van der Waals surface area contributed by atoms with Crippen molar-refractivity contribution in [1.82, 2.24) is 14.9 Å². The van der Waals surface area contributed by atoms with E-state index in [1.165, 1.54) is 18.5 Å². The fraction of sp³-hybridized carbons (Fsp3) is 0.391. The van der Waals surface area contributed by atoms with Crippen LogP contribution >= 0.6 is 23.2 Å². The van der Waals surface area contributed by atoms with Crippen LogP contribution in [0.25, 0.3) is 10.9 Å². The number of fused-ring (bicyclic) bond motifs is 1. The molecule has 10 heteroatoms. The molecule has 0 bridgehead atoms. The Kier molecular flexibility index (Phi) is 6.81. The van der Waals surface area contributed by atoms with Crippen LogP contribution in [0.5, 0.6) is 11.5 Å². The average molecular weight is 495 g/mol. The molecule has 1 unspecified atom stereocenters. The van der Waals surface area contributed by atoms with Gasteiger partial charge in [0.05, 0.1) is 35.0 Å². The minimum Gasteiger partial charge on any atom is -0.493 e. The zero-order valence-corrected chi connectivity index (χ0v) is 20.3. The largest absolute Gasteiger partial charge is 0.493 e. The van der Waals surface area contributed by atoms with Gasteiger partial charge in [-0.1, -0.05) is 23.2 Å². The lowest BCUT2D eigenvalue weighted by Gasteiger charge is -2.43. The van der Waals surface area contributed by atoms with Gasteiger partial charge in [-0.2, -0.15) is 0 Å². The van der Waals surface area contributed by atoms with Gasteiger partial charge in [0, 0.05) is 23.5 Å². The van der Waals surface area contributed by atoms with E-state index in [4.69, 9.17) is 37.4 Å². The third-order valence-electron chi connectivity index (χ3n) is 5.82. The number of morpholine rings is 1. The van der Waals surface area contributed by atoms with E-state index in [-0.39, 0.29) is 27.4 Å². The topological polar surface area (TPSA) is 68.7 Å². The van der Waals surface area contributed by atoms with Crippen LogP contribution in [0.2, 0.25) is 10.0 Å². The molecule has 33 heavy (non-hydrogen) atoms. The van der Waals surface area contributed by atoms with Gasteiger partial charge in [-0.25, -0.2) is 14.4 Å². The Morgan fingerprint density at radius 2 is 2.03 bits per heavy atom. The molecule has 1 aliphatic rings. The smallest absolute Gasteiger partial charge is 0.166 e. The number of halogens is 3. The van der Waals surface area contributed by atoms with Crippen LogP contribution in [0.15, 0.2) is 30.6 Å². The molecule has 2 aromatic carbocycles. The van der Waals surface area contributed by atoms with Gasteiger partial charge in [0.1, 0.15) is 24.9 Å². The molecule has 0 radical (unpaired) electrons. The van der Waals surface area contributed by atoms with Crippen LogP contribution < -0.4 is 14.8 Å². The molecule has 0 spiro atoms. The summed E-state index contributed by atoms with van der Waals surface area (Å²) in [5.74, 6) is 0.760. The molecule has 3 aromatic rings. The predicted molar refractivity (Wildman–Crippen MR) is 128 cm³/mol. The van der Waals surface area contributed by atoms with Crippen molar-refractivity contribution >= 4 is 45.6 Å². The van der Waals surface area contributed by atoms with Gasteiger partial charge in [-0.3, -0.25) is 4.90 Å². The van der Waals surface area contributed by atoms with Crippen LogP contribution in [0.1, 0.15) is 13.8 Å². The molecule has 1 N–H and O–H groups in total. The summed E-state index contributed by atoms with van der Waals surface area (Å²) in [6.07, 6.45) is 1.32. The first-order valence-corrected chi connectivity index (χ1v) is 11.1. The monoisotopic (exact) mass is 494 g/mol. The minimum atomic E-state index is -0.663. The van der Waals surface area contributed by atoms with Crippen LogP contribution in [-0.4, -0.2) is 60.4 Å². The second-order valence-corrected chi connectivity index (χ2v) is 9.31. The first-order valence-electron chi connectivity index (χ1n) is 10.4. The Hall–Kier alpha value is -2.39. The lowest BCUT2D eigenvalue weighted by Crippen LogP contribution is -2.55. The van der Waals surface area contributed by atoms with E-state index in [2.05, 4.69) is 41.1 Å².